The molecule has 0 unspecified atom stereocenters. The Morgan fingerprint density at radius 2 is 1.92 bits per heavy atom. The van der Waals surface area contributed by atoms with Crippen molar-refractivity contribution in [2.24, 2.45) is 0 Å². The highest BCUT2D eigenvalue weighted by Gasteiger charge is 2.26. The number of carbonyl (C=O) groups is 1. The standard InChI is InChI=1S/C17H23ClN4O3S/c1-11-10-14(18)6-7-15(11)19-16(23)8-9-22-13(3)17(12(2)20-22)26(24,25)21(4)5/h6-7,10H,8-9H2,1-5H3,(H,19,23). The molecule has 0 atom stereocenters. The summed E-state index contributed by atoms with van der Waals surface area (Å²) < 4.78 is 27.5. The molecule has 1 aromatic heterocycles. The Labute approximate surface area is 159 Å². The van der Waals surface area contributed by atoms with E-state index in [1.54, 1.807) is 36.7 Å². The first-order valence-electron chi connectivity index (χ1n) is 8.06. The minimum absolute atomic E-state index is 0.172. The highest BCUT2D eigenvalue weighted by atomic mass is 35.5. The van der Waals surface area contributed by atoms with Gasteiger partial charge in [0.2, 0.25) is 15.9 Å². The van der Waals surface area contributed by atoms with Crippen molar-refractivity contribution in [3.63, 3.8) is 0 Å². The third-order valence-corrected chi connectivity index (χ3v) is 6.37. The lowest BCUT2D eigenvalue weighted by Gasteiger charge is -2.12. The van der Waals surface area contributed by atoms with Crippen molar-refractivity contribution in [3.05, 3.63) is 40.2 Å². The van der Waals surface area contributed by atoms with E-state index in [0.717, 1.165) is 9.87 Å². The van der Waals surface area contributed by atoms with E-state index in [-0.39, 0.29) is 23.8 Å². The Morgan fingerprint density at radius 1 is 1.27 bits per heavy atom. The van der Waals surface area contributed by atoms with Crippen LogP contribution < -0.4 is 5.32 Å². The van der Waals surface area contributed by atoms with Gasteiger partial charge in [-0.3, -0.25) is 9.48 Å². The lowest BCUT2D eigenvalue weighted by Crippen LogP contribution is -2.23. The molecule has 1 N–H and O–H groups in total. The van der Waals surface area contributed by atoms with Crippen LogP contribution in [-0.4, -0.2) is 42.5 Å². The second-order valence-electron chi connectivity index (χ2n) is 6.27. The Morgan fingerprint density at radius 3 is 2.50 bits per heavy atom. The van der Waals surface area contributed by atoms with E-state index in [0.29, 0.717) is 22.1 Å². The highest BCUT2D eigenvalue weighted by molar-refractivity contribution is 7.89. The van der Waals surface area contributed by atoms with E-state index in [4.69, 9.17) is 11.6 Å². The molecule has 0 bridgehead atoms. The molecule has 2 aromatic rings. The second-order valence-corrected chi connectivity index (χ2v) is 8.79. The van der Waals surface area contributed by atoms with Gasteiger partial charge in [0, 0.05) is 31.2 Å². The molecular formula is C17H23ClN4O3S. The molecule has 0 spiro atoms. The monoisotopic (exact) mass is 398 g/mol. The molecule has 2 rings (SSSR count). The summed E-state index contributed by atoms with van der Waals surface area (Å²) in [6.07, 6.45) is 0.172. The molecule has 1 heterocycles. The van der Waals surface area contributed by atoms with Gasteiger partial charge in [-0.05, 0) is 44.5 Å². The largest absolute Gasteiger partial charge is 0.326 e. The number of sulfonamides is 1. The SMILES string of the molecule is Cc1cc(Cl)ccc1NC(=O)CCn1nc(C)c(S(=O)(=O)N(C)C)c1C. The predicted molar refractivity (Wildman–Crippen MR) is 102 cm³/mol. The summed E-state index contributed by atoms with van der Waals surface area (Å²) in [5.41, 5.74) is 2.51. The maximum Gasteiger partial charge on any atom is 0.246 e. The summed E-state index contributed by atoms with van der Waals surface area (Å²) in [6, 6.07) is 5.24. The summed E-state index contributed by atoms with van der Waals surface area (Å²) in [5, 5.41) is 7.72. The van der Waals surface area contributed by atoms with Gasteiger partial charge in [0.15, 0.2) is 0 Å². The molecule has 9 heteroatoms. The van der Waals surface area contributed by atoms with Crippen molar-refractivity contribution in [1.29, 1.82) is 0 Å². The van der Waals surface area contributed by atoms with Crippen molar-refractivity contribution >= 4 is 33.2 Å². The predicted octanol–water partition coefficient (Wildman–Crippen LogP) is 2.74. The van der Waals surface area contributed by atoms with Crippen LogP contribution in [0.5, 0.6) is 0 Å². The molecule has 7 nitrogen and oxygen atoms in total. The van der Waals surface area contributed by atoms with Crippen molar-refractivity contribution in [2.75, 3.05) is 19.4 Å². The molecular weight excluding hydrogens is 376 g/mol. The number of nitrogens with one attached hydrogen (secondary N) is 1. The van der Waals surface area contributed by atoms with Gasteiger partial charge in [-0.15, -0.1) is 0 Å². The molecule has 0 aliphatic heterocycles. The second kappa shape index (κ2) is 7.77. The summed E-state index contributed by atoms with van der Waals surface area (Å²) in [6.45, 7) is 5.49. The Balaban J connectivity index is 2.12. The van der Waals surface area contributed by atoms with Crippen LogP contribution in [0.4, 0.5) is 5.69 Å². The minimum Gasteiger partial charge on any atom is -0.326 e. The molecule has 0 aliphatic carbocycles. The van der Waals surface area contributed by atoms with Crippen LogP contribution in [0.2, 0.25) is 5.02 Å². The zero-order chi connectivity index (χ0) is 19.6. The van der Waals surface area contributed by atoms with Crippen LogP contribution in [-0.2, 0) is 21.4 Å². The molecule has 1 aromatic carbocycles. The number of aromatic nitrogens is 2. The van der Waals surface area contributed by atoms with Crippen molar-refractivity contribution < 1.29 is 13.2 Å². The number of halogens is 1. The van der Waals surface area contributed by atoms with E-state index in [1.165, 1.54) is 14.1 Å². The smallest absolute Gasteiger partial charge is 0.246 e. The van der Waals surface area contributed by atoms with Gasteiger partial charge in [0.05, 0.1) is 17.9 Å². The first kappa shape index (κ1) is 20.4. The average molecular weight is 399 g/mol. The molecule has 0 saturated heterocycles. The minimum atomic E-state index is -3.58. The van der Waals surface area contributed by atoms with E-state index in [2.05, 4.69) is 10.4 Å². The van der Waals surface area contributed by atoms with E-state index in [9.17, 15) is 13.2 Å². The van der Waals surface area contributed by atoms with E-state index in [1.807, 2.05) is 6.92 Å². The summed E-state index contributed by atoms with van der Waals surface area (Å²) in [5.74, 6) is -0.181. The first-order chi connectivity index (χ1) is 12.0. The van der Waals surface area contributed by atoms with Crippen molar-refractivity contribution in [2.45, 2.75) is 38.6 Å². The lowest BCUT2D eigenvalue weighted by atomic mass is 10.2. The number of rotatable bonds is 6. The van der Waals surface area contributed by atoms with Gasteiger partial charge in [0.1, 0.15) is 4.90 Å². The van der Waals surface area contributed by atoms with Crippen LogP contribution in [0.15, 0.2) is 23.1 Å². The molecule has 0 aliphatic rings. The Kier molecular flexibility index (Phi) is 6.10. The number of carbonyl (C=O) groups excluding carboxylic acids is 1. The molecule has 0 radical (unpaired) electrons. The van der Waals surface area contributed by atoms with Gasteiger partial charge in [-0.25, -0.2) is 12.7 Å². The summed E-state index contributed by atoms with van der Waals surface area (Å²) in [7, 11) is -0.618. The van der Waals surface area contributed by atoms with Crippen LogP contribution >= 0.6 is 11.6 Å². The molecule has 0 saturated carbocycles. The number of anilines is 1. The van der Waals surface area contributed by atoms with Crippen LogP contribution in [0, 0.1) is 20.8 Å². The number of aryl methyl sites for hydroxylation is 3. The van der Waals surface area contributed by atoms with Crippen LogP contribution in [0.3, 0.4) is 0 Å². The number of hydrogen-bond acceptors (Lipinski definition) is 4. The normalized spacial score (nSPS) is 11.8. The fourth-order valence-electron chi connectivity index (χ4n) is 2.64. The van der Waals surface area contributed by atoms with Gasteiger partial charge in [-0.2, -0.15) is 5.10 Å². The van der Waals surface area contributed by atoms with Gasteiger partial charge in [-0.1, -0.05) is 11.6 Å². The van der Waals surface area contributed by atoms with Crippen molar-refractivity contribution in [1.82, 2.24) is 14.1 Å². The third kappa shape index (κ3) is 4.25. The van der Waals surface area contributed by atoms with Gasteiger partial charge < -0.3 is 5.32 Å². The Hall–Kier alpha value is -1.90. The maximum atomic E-state index is 12.4. The van der Waals surface area contributed by atoms with Gasteiger partial charge >= 0.3 is 0 Å². The lowest BCUT2D eigenvalue weighted by molar-refractivity contribution is -0.116. The molecule has 26 heavy (non-hydrogen) atoms. The summed E-state index contributed by atoms with van der Waals surface area (Å²) in [4.78, 5) is 12.4. The zero-order valence-electron chi connectivity index (χ0n) is 15.5. The van der Waals surface area contributed by atoms with E-state index < -0.39 is 10.0 Å². The first-order valence-corrected chi connectivity index (χ1v) is 9.88. The number of nitrogens with zero attached hydrogens (tertiary/aromatic N) is 3. The topological polar surface area (TPSA) is 84.3 Å². The quantitative estimate of drug-likeness (QED) is 0.810. The number of benzene rings is 1. The third-order valence-electron chi connectivity index (χ3n) is 4.07. The van der Waals surface area contributed by atoms with Crippen LogP contribution in [0.1, 0.15) is 23.4 Å². The highest BCUT2D eigenvalue weighted by Crippen LogP contribution is 2.23. The fraction of sp³-hybridized carbons (Fsp3) is 0.412. The van der Waals surface area contributed by atoms with Crippen molar-refractivity contribution in [3.8, 4) is 0 Å². The average Bonchev–Trinajstić information content (AvgIpc) is 2.82. The molecule has 1 amide bonds. The molecule has 142 valence electrons. The van der Waals surface area contributed by atoms with Crippen LogP contribution in [0.25, 0.3) is 0 Å². The van der Waals surface area contributed by atoms with Gasteiger partial charge in [0.25, 0.3) is 0 Å². The molecule has 0 fully saturated rings. The number of hydrogen-bond donors (Lipinski definition) is 1. The maximum absolute atomic E-state index is 12.4. The van der Waals surface area contributed by atoms with E-state index >= 15 is 0 Å². The summed E-state index contributed by atoms with van der Waals surface area (Å²) >= 11 is 5.91. The zero-order valence-corrected chi connectivity index (χ0v) is 17.1. The Bertz CT molecular complexity index is 936. The number of amides is 1. The fourth-order valence-corrected chi connectivity index (χ4v) is 4.13.